The van der Waals surface area contributed by atoms with Crippen LogP contribution in [0, 0.1) is 0 Å². The highest BCUT2D eigenvalue weighted by molar-refractivity contribution is 5.78. The molecule has 0 heterocycles. The Hall–Kier alpha value is -2.62. The second-order valence-corrected chi connectivity index (χ2v) is 5.79. The summed E-state index contributed by atoms with van der Waals surface area (Å²) >= 11 is 0. The first-order valence-electron chi connectivity index (χ1n) is 9.13. The molecule has 0 saturated heterocycles. The smallest absolute Gasteiger partial charge is 0.407 e. The molecule has 0 aliphatic heterocycles. The minimum absolute atomic E-state index is 0.350. The molecular weight excluding hydrogens is 324 g/mol. The van der Waals surface area contributed by atoms with Crippen LogP contribution in [0.3, 0.4) is 0 Å². The number of hydrogen-bond acceptors (Lipinski definition) is 3. The van der Waals surface area contributed by atoms with Gasteiger partial charge in [-0.1, -0.05) is 54.7 Å². The zero-order valence-electron chi connectivity index (χ0n) is 15.7. The van der Waals surface area contributed by atoms with Crippen molar-refractivity contribution in [1.29, 1.82) is 0 Å². The first-order valence-corrected chi connectivity index (χ1v) is 9.13. The van der Waals surface area contributed by atoms with Crippen LogP contribution in [0.1, 0.15) is 32.6 Å². The van der Waals surface area contributed by atoms with Gasteiger partial charge in [0.15, 0.2) is 0 Å². The van der Waals surface area contributed by atoms with Gasteiger partial charge in [0.1, 0.15) is 0 Å². The lowest BCUT2D eigenvalue weighted by Crippen LogP contribution is -2.25. The van der Waals surface area contributed by atoms with Gasteiger partial charge < -0.3 is 10.1 Å². The van der Waals surface area contributed by atoms with E-state index in [1.807, 2.05) is 43.4 Å². The van der Waals surface area contributed by atoms with Gasteiger partial charge in [0, 0.05) is 19.2 Å². The fraction of sp³-hybridized carbons (Fsp3) is 0.364. The molecule has 26 heavy (non-hydrogen) atoms. The standard InChI is InChI=1S/C22H30N2O2/c1-3-16-23-19-20(4-2)15-18-26-22(25)24-17-11-10-14-21-12-8-6-5-7-9-13-21/h3-9,12-13,19H,1,10-11,14-18H2,2H3,(H,24,25)/b6-5-,7-5?,8-6?,9-7-,12-8?,13-9?,20-4-,21-12?,21-13?,23-19?. The lowest BCUT2D eigenvalue weighted by Gasteiger charge is -2.07. The number of aliphatic imine (C=N–C) groups is 1. The molecule has 0 unspecified atom stereocenters. The van der Waals surface area contributed by atoms with Crippen molar-refractivity contribution in [3.63, 3.8) is 0 Å². The van der Waals surface area contributed by atoms with E-state index in [4.69, 9.17) is 4.74 Å². The van der Waals surface area contributed by atoms with Gasteiger partial charge in [0.2, 0.25) is 0 Å². The Morgan fingerprint density at radius 3 is 2.85 bits per heavy atom. The lowest BCUT2D eigenvalue weighted by molar-refractivity contribution is 0.147. The van der Waals surface area contributed by atoms with Crippen LogP contribution in [0.4, 0.5) is 4.79 Å². The van der Waals surface area contributed by atoms with E-state index < -0.39 is 0 Å². The Kier molecular flexibility index (Phi) is 12.1. The van der Waals surface area contributed by atoms with Crippen molar-refractivity contribution in [2.24, 2.45) is 4.99 Å². The van der Waals surface area contributed by atoms with E-state index in [-0.39, 0.29) is 6.09 Å². The van der Waals surface area contributed by atoms with Crippen LogP contribution in [0.5, 0.6) is 0 Å². The lowest BCUT2D eigenvalue weighted by atomic mass is 10.1. The molecule has 1 aliphatic rings. The maximum absolute atomic E-state index is 11.7. The van der Waals surface area contributed by atoms with Crippen LogP contribution in [0.2, 0.25) is 0 Å². The summed E-state index contributed by atoms with van der Waals surface area (Å²) in [5, 5.41) is 2.80. The summed E-state index contributed by atoms with van der Waals surface area (Å²) in [6.45, 7) is 7.14. The first kappa shape index (κ1) is 21.4. The fourth-order valence-electron chi connectivity index (χ4n) is 2.26. The van der Waals surface area contributed by atoms with E-state index in [1.165, 1.54) is 5.57 Å². The van der Waals surface area contributed by atoms with Gasteiger partial charge >= 0.3 is 6.09 Å². The molecule has 4 heteroatoms. The van der Waals surface area contributed by atoms with Gasteiger partial charge in [0.25, 0.3) is 0 Å². The zero-order valence-corrected chi connectivity index (χ0v) is 15.7. The molecule has 140 valence electrons. The molecule has 0 aromatic carbocycles. The van der Waals surface area contributed by atoms with Crippen molar-refractivity contribution in [3.05, 3.63) is 72.4 Å². The Morgan fingerprint density at radius 2 is 2.04 bits per heavy atom. The maximum Gasteiger partial charge on any atom is 0.407 e. The number of hydrogen-bond donors (Lipinski definition) is 1. The van der Waals surface area contributed by atoms with Gasteiger partial charge in [-0.25, -0.2) is 4.79 Å². The van der Waals surface area contributed by atoms with E-state index in [9.17, 15) is 4.79 Å². The van der Waals surface area contributed by atoms with E-state index in [0.717, 1.165) is 24.8 Å². The molecule has 1 rings (SSSR count). The molecule has 1 aliphatic carbocycles. The van der Waals surface area contributed by atoms with Crippen molar-refractivity contribution in [3.8, 4) is 0 Å². The number of ether oxygens (including phenoxy) is 1. The monoisotopic (exact) mass is 354 g/mol. The maximum atomic E-state index is 11.7. The van der Waals surface area contributed by atoms with Crippen LogP contribution in [0.15, 0.2) is 77.4 Å². The molecule has 0 fully saturated rings. The Balaban J connectivity index is 2.10. The molecule has 0 aromatic heterocycles. The third-order valence-electron chi connectivity index (χ3n) is 3.71. The van der Waals surface area contributed by atoms with Crippen LogP contribution in [-0.4, -0.2) is 32.0 Å². The molecule has 0 spiro atoms. The third kappa shape index (κ3) is 11.0. The molecule has 1 amide bonds. The van der Waals surface area contributed by atoms with Crippen molar-refractivity contribution in [1.82, 2.24) is 5.32 Å². The second-order valence-electron chi connectivity index (χ2n) is 5.79. The largest absolute Gasteiger partial charge is 0.449 e. The third-order valence-corrected chi connectivity index (χ3v) is 3.71. The number of nitrogens with zero attached hydrogens (tertiary/aromatic N) is 1. The van der Waals surface area contributed by atoms with Crippen LogP contribution in [0.25, 0.3) is 0 Å². The summed E-state index contributed by atoms with van der Waals surface area (Å²) in [5.41, 5.74) is 2.34. The molecule has 4 nitrogen and oxygen atoms in total. The molecule has 0 aromatic rings. The van der Waals surface area contributed by atoms with Crippen molar-refractivity contribution in [2.45, 2.75) is 32.6 Å². The van der Waals surface area contributed by atoms with E-state index >= 15 is 0 Å². The highest BCUT2D eigenvalue weighted by Gasteiger charge is 2.02. The number of amides is 1. The summed E-state index contributed by atoms with van der Waals surface area (Å²) in [4.78, 5) is 15.9. The normalized spacial score (nSPS) is 16.5. The van der Waals surface area contributed by atoms with Gasteiger partial charge in [0.05, 0.1) is 13.2 Å². The van der Waals surface area contributed by atoms with Gasteiger partial charge in [-0.05, 0) is 37.3 Å². The van der Waals surface area contributed by atoms with E-state index in [2.05, 4.69) is 29.0 Å². The predicted octanol–water partition coefficient (Wildman–Crippen LogP) is 5.08. The minimum Gasteiger partial charge on any atom is -0.449 e. The highest BCUT2D eigenvalue weighted by atomic mass is 16.5. The summed E-state index contributed by atoms with van der Waals surface area (Å²) < 4.78 is 5.20. The van der Waals surface area contributed by atoms with E-state index in [1.54, 1.807) is 12.3 Å². The Labute approximate surface area is 157 Å². The number of rotatable bonds is 11. The minimum atomic E-state index is -0.360. The van der Waals surface area contributed by atoms with E-state index in [0.29, 0.717) is 26.1 Å². The van der Waals surface area contributed by atoms with Crippen molar-refractivity contribution >= 4 is 12.3 Å². The number of nitrogens with one attached hydrogen (secondary N) is 1. The Bertz CT molecular complexity index is 608. The van der Waals surface area contributed by atoms with Crippen LogP contribution in [-0.2, 0) is 4.74 Å². The zero-order chi connectivity index (χ0) is 18.9. The topological polar surface area (TPSA) is 50.7 Å². The summed E-state index contributed by atoms with van der Waals surface area (Å²) in [6.07, 6.45) is 23.1. The summed E-state index contributed by atoms with van der Waals surface area (Å²) in [7, 11) is 0. The second kappa shape index (κ2) is 14.7. The number of unbranched alkanes of at least 4 members (excludes halogenated alkanes) is 1. The molecule has 0 atom stereocenters. The molecule has 0 radical (unpaired) electrons. The average molecular weight is 354 g/mol. The van der Waals surface area contributed by atoms with Crippen LogP contribution < -0.4 is 5.32 Å². The summed E-state index contributed by atoms with van der Waals surface area (Å²) in [6, 6.07) is 0. The SMILES string of the molecule is C=CCN=C/C(=C\C)CCOC(=O)NCCCCC1=C/C=C\C=C/C=C1. The number of carbonyl (C=O) groups is 1. The fourth-order valence-corrected chi connectivity index (χ4v) is 2.26. The average Bonchev–Trinajstić information content (AvgIpc) is 2.61. The van der Waals surface area contributed by atoms with Gasteiger partial charge in [-0.2, -0.15) is 0 Å². The number of allylic oxidation sites excluding steroid dienone is 9. The predicted molar refractivity (Wildman–Crippen MR) is 111 cm³/mol. The van der Waals surface area contributed by atoms with Crippen molar-refractivity contribution in [2.75, 3.05) is 19.7 Å². The van der Waals surface area contributed by atoms with Crippen molar-refractivity contribution < 1.29 is 9.53 Å². The molecular formula is C22H30N2O2. The summed E-state index contributed by atoms with van der Waals surface area (Å²) in [5.74, 6) is 0. The molecule has 0 saturated carbocycles. The number of alkyl carbamates (subject to hydrolysis) is 1. The number of carbonyl (C=O) groups excluding carboxylic acids is 1. The van der Waals surface area contributed by atoms with Gasteiger partial charge in [-0.15, -0.1) is 6.58 Å². The highest BCUT2D eigenvalue weighted by Crippen LogP contribution is 2.10. The molecule has 1 N–H and O–H groups in total. The molecule has 0 bridgehead atoms. The quantitative estimate of drug-likeness (QED) is 0.319. The first-order chi connectivity index (χ1) is 12.8. The van der Waals surface area contributed by atoms with Crippen LogP contribution >= 0.6 is 0 Å². The Morgan fingerprint density at radius 1 is 1.23 bits per heavy atom. The van der Waals surface area contributed by atoms with Gasteiger partial charge in [-0.3, -0.25) is 4.99 Å².